The number of benzene rings is 2. The zero-order chi connectivity index (χ0) is 20.8. The third-order valence-corrected chi connectivity index (χ3v) is 4.89. The smallest absolute Gasteiger partial charge is 0.275 e. The van der Waals surface area contributed by atoms with E-state index in [4.69, 9.17) is 9.47 Å². The van der Waals surface area contributed by atoms with Gasteiger partial charge in [-0.25, -0.2) is 9.97 Å². The average Bonchev–Trinajstić information content (AvgIpc) is 3.26. The lowest BCUT2D eigenvalue weighted by molar-refractivity contribution is 0.102. The Labute approximate surface area is 177 Å². The van der Waals surface area contributed by atoms with E-state index in [0.717, 1.165) is 16.3 Å². The normalized spacial score (nSPS) is 10.4. The van der Waals surface area contributed by atoms with Crippen LogP contribution in [0, 0.1) is 0 Å². The quantitative estimate of drug-likeness (QED) is 0.452. The van der Waals surface area contributed by atoms with Crippen molar-refractivity contribution in [1.82, 2.24) is 15.0 Å². The van der Waals surface area contributed by atoms with Gasteiger partial charge in [0.15, 0.2) is 0 Å². The van der Waals surface area contributed by atoms with Crippen molar-refractivity contribution in [3.05, 3.63) is 78.2 Å². The Morgan fingerprint density at radius 1 is 1.10 bits per heavy atom. The van der Waals surface area contributed by atoms with E-state index >= 15 is 0 Å². The first kappa shape index (κ1) is 19.5. The van der Waals surface area contributed by atoms with E-state index in [2.05, 4.69) is 20.3 Å². The summed E-state index contributed by atoms with van der Waals surface area (Å²) in [5.74, 6) is 1.43. The first-order valence-corrected chi connectivity index (χ1v) is 10.1. The van der Waals surface area contributed by atoms with Crippen LogP contribution in [0.3, 0.4) is 0 Å². The zero-order valence-corrected chi connectivity index (χ0v) is 16.9. The van der Waals surface area contributed by atoms with Crippen LogP contribution in [0.1, 0.15) is 17.4 Å². The Bertz CT molecular complexity index is 1130. The molecule has 2 aromatic carbocycles. The summed E-state index contributed by atoms with van der Waals surface area (Å²) in [5, 5.41) is 5.35. The summed E-state index contributed by atoms with van der Waals surface area (Å²) in [4.78, 5) is 25.1. The molecule has 0 aliphatic rings. The Morgan fingerprint density at radius 3 is 2.73 bits per heavy atom. The molecule has 4 aromatic rings. The minimum atomic E-state index is -0.292. The van der Waals surface area contributed by atoms with Crippen LogP contribution in [-0.4, -0.2) is 27.5 Å². The molecule has 0 unspecified atom stereocenters. The van der Waals surface area contributed by atoms with Gasteiger partial charge >= 0.3 is 0 Å². The van der Waals surface area contributed by atoms with Crippen molar-refractivity contribution in [2.45, 2.75) is 6.92 Å². The van der Waals surface area contributed by atoms with Crippen molar-refractivity contribution in [3.63, 3.8) is 0 Å². The monoisotopic (exact) mass is 418 g/mol. The molecule has 30 heavy (non-hydrogen) atoms. The summed E-state index contributed by atoms with van der Waals surface area (Å²) in [6.07, 6.45) is 4.63. The van der Waals surface area contributed by atoms with Gasteiger partial charge in [0.25, 0.3) is 5.91 Å². The topological polar surface area (TPSA) is 86.2 Å². The molecule has 0 radical (unpaired) electrons. The second-order valence-corrected chi connectivity index (χ2v) is 6.98. The Kier molecular flexibility index (Phi) is 5.95. The lowest BCUT2D eigenvalue weighted by Gasteiger charge is -2.07. The van der Waals surface area contributed by atoms with Crippen LogP contribution in [0.2, 0.25) is 0 Å². The van der Waals surface area contributed by atoms with Crippen molar-refractivity contribution < 1.29 is 14.3 Å². The van der Waals surface area contributed by atoms with Gasteiger partial charge in [-0.1, -0.05) is 6.07 Å². The number of ether oxygens (including phenoxy) is 2. The molecule has 0 aliphatic carbocycles. The molecule has 0 bridgehead atoms. The van der Waals surface area contributed by atoms with E-state index < -0.39 is 0 Å². The molecule has 0 saturated heterocycles. The maximum Gasteiger partial charge on any atom is 0.275 e. The Balaban J connectivity index is 1.44. The molecule has 0 fully saturated rings. The highest BCUT2D eigenvalue weighted by molar-refractivity contribution is 7.13. The number of nitrogens with one attached hydrogen (secondary N) is 1. The van der Waals surface area contributed by atoms with Crippen LogP contribution < -0.4 is 14.8 Å². The number of anilines is 1. The standard InChI is InChI=1S/C22H18N4O3S/c1-2-28-17-8-6-15(7-9-17)22-26-19(14-30-22)21(27)25-16-4-3-5-18(12-16)29-20-13-23-10-11-24-20/h3-14H,2H2,1H3,(H,25,27). The third kappa shape index (κ3) is 4.79. The molecule has 0 aliphatic heterocycles. The fraction of sp³-hybridized carbons (Fsp3) is 0.0909. The molecule has 150 valence electrons. The maximum absolute atomic E-state index is 12.6. The number of thiazole rings is 1. The van der Waals surface area contributed by atoms with Crippen molar-refractivity contribution in [2.75, 3.05) is 11.9 Å². The molecule has 1 N–H and O–H groups in total. The number of hydrogen-bond donors (Lipinski definition) is 1. The number of nitrogens with zero attached hydrogens (tertiary/aromatic N) is 3. The number of aromatic nitrogens is 3. The van der Waals surface area contributed by atoms with E-state index in [9.17, 15) is 4.79 Å². The number of amides is 1. The van der Waals surface area contributed by atoms with Crippen LogP contribution in [0.25, 0.3) is 10.6 Å². The summed E-state index contributed by atoms with van der Waals surface area (Å²) in [7, 11) is 0. The van der Waals surface area contributed by atoms with Crippen LogP contribution in [0.5, 0.6) is 17.4 Å². The van der Waals surface area contributed by atoms with Gasteiger partial charge in [0.05, 0.1) is 12.8 Å². The van der Waals surface area contributed by atoms with E-state index in [-0.39, 0.29) is 5.91 Å². The van der Waals surface area contributed by atoms with E-state index in [1.807, 2.05) is 31.2 Å². The Hall–Kier alpha value is -3.78. The van der Waals surface area contributed by atoms with Gasteiger partial charge in [0, 0.05) is 35.1 Å². The van der Waals surface area contributed by atoms with Gasteiger partial charge in [-0.15, -0.1) is 11.3 Å². The Morgan fingerprint density at radius 2 is 1.97 bits per heavy atom. The lowest BCUT2D eigenvalue weighted by atomic mass is 10.2. The minimum Gasteiger partial charge on any atom is -0.494 e. The molecule has 2 aromatic heterocycles. The van der Waals surface area contributed by atoms with Gasteiger partial charge in [0.2, 0.25) is 5.88 Å². The minimum absolute atomic E-state index is 0.292. The van der Waals surface area contributed by atoms with Gasteiger partial charge in [-0.2, -0.15) is 0 Å². The van der Waals surface area contributed by atoms with Crippen molar-refractivity contribution >= 4 is 22.9 Å². The largest absolute Gasteiger partial charge is 0.494 e. The number of rotatable bonds is 7. The van der Waals surface area contributed by atoms with Gasteiger partial charge < -0.3 is 14.8 Å². The summed E-state index contributed by atoms with van der Waals surface area (Å²) in [6.45, 7) is 2.56. The highest BCUT2D eigenvalue weighted by Gasteiger charge is 2.13. The molecule has 1 amide bonds. The molecular weight excluding hydrogens is 400 g/mol. The fourth-order valence-electron chi connectivity index (χ4n) is 2.66. The van der Waals surface area contributed by atoms with Crippen LogP contribution in [-0.2, 0) is 0 Å². The predicted molar refractivity (Wildman–Crippen MR) is 115 cm³/mol. The van der Waals surface area contributed by atoms with Crippen LogP contribution in [0.4, 0.5) is 5.69 Å². The molecule has 4 rings (SSSR count). The van der Waals surface area contributed by atoms with Crippen LogP contribution in [0.15, 0.2) is 72.5 Å². The van der Waals surface area contributed by atoms with Gasteiger partial charge in [-0.3, -0.25) is 9.78 Å². The highest BCUT2D eigenvalue weighted by atomic mass is 32.1. The van der Waals surface area contributed by atoms with Crippen molar-refractivity contribution in [2.24, 2.45) is 0 Å². The summed E-state index contributed by atoms with van der Waals surface area (Å²) >= 11 is 1.41. The fourth-order valence-corrected chi connectivity index (χ4v) is 3.47. The molecule has 0 saturated carbocycles. The van der Waals surface area contributed by atoms with E-state index in [1.165, 1.54) is 17.5 Å². The SMILES string of the molecule is CCOc1ccc(-c2nc(C(=O)Nc3cccc(Oc4cnccn4)c3)cs2)cc1. The maximum atomic E-state index is 12.6. The summed E-state index contributed by atoms with van der Waals surface area (Å²) in [5.41, 5.74) is 1.88. The number of hydrogen-bond acceptors (Lipinski definition) is 7. The number of carbonyl (C=O) groups is 1. The van der Waals surface area contributed by atoms with Crippen molar-refractivity contribution in [3.8, 4) is 28.0 Å². The molecule has 7 nitrogen and oxygen atoms in total. The highest BCUT2D eigenvalue weighted by Crippen LogP contribution is 2.27. The molecule has 0 spiro atoms. The average molecular weight is 418 g/mol. The second-order valence-electron chi connectivity index (χ2n) is 6.12. The van der Waals surface area contributed by atoms with E-state index in [1.54, 1.807) is 42.0 Å². The molecule has 0 atom stereocenters. The van der Waals surface area contributed by atoms with Crippen LogP contribution >= 0.6 is 11.3 Å². The molecule has 2 heterocycles. The predicted octanol–water partition coefficient (Wildman–Crippen LogP) is 5.04. The summed E-state index contributed by atoms with van der Waals surface area (Å²) in [6, 6.07) is 14.7. The van der Waals surface area contributed by atoms with Gasteiger partial charge in [-0.05, 0) is 43.3 Å². The third-order valence-electron chi connectivity index (χ3n) is 4.00. The molecule has 8 heteroatoms. The van der Waals surface area contributed by atoms with E-state index in [0.29, 0.717) is 29.6 Å². The first-order chi connectivity index (χ1) is 14.7. The second kappa shape index (κ2) is 9.15. The first-order valence-electron chi connectivity index (χ1n) is 9.25. The number of carbonyl (C=O) groups excluding carboxylic acids is 1. The van der Waals surface area contributed by atoms with Gasteiger partial charge in [0.1, 0.15) is 22.2 Å². The van der Waals surface area contributed by atoms with Crippen molar-refractivity contribution in [1.29, 1.82) is 0 Å². The molecular formula is C22H18N4O3S. The zero-order valence-electron chi connectivity index (χ0n) is 16.1. The lowest BCUT2D eigenvalue weighted by Crippen LogP contribution is -2.12. The summed E-state index contributed by atoms with van der Waals surface area (Å²) < 4.78 is 11.1.